The van der Waals surface area contributed by atoms with E-state index in [0.29, 0.717) is 0 Å². The lowest BCUT2D eigenvalue weighted by Gasteiger charge is -2.22. The van der Waals surface area contributed by atoms with Crippen molar-refractivity contribution in [3.8, 4) is 0 Å². The number of thioether (sulfide) groups is 1. The van der Waals surface area contributed by atoms with Crippen LogP contribution in [-0.2, 0) is 0 Å². The molecule has 2 aromatic carbocycles. The van der Waals surface area contributed by atoms with Gasteiger partial charge in [-0.2, -0.15) is 0 Å². The topological polar surface area (TPSA) is 12.0 Å². The normalized spacial score (nSPS) is 12.4. The van der Waals surface area contributed by atoms with Gasteiger partial charge in [0, 0.05) is 4.90 Å². The molecule has 0 spiro atoms. The lowest BCUT2D eigenvalue weighted by molar-refractivity contribution is 0.627. The average Bonchev–Trinajstić information content (AvgIpc) is 2.49. The first-order valence-electron chi connectivity index (χ1n) is 7.52. The van der Waals surface area contributed by atoms with Crippen molar-refractivity contribution in [2.45, 2.75) is 38.6 Å². The van der Waals surface area contributed by atoms with Crippen molar-refractivity contribution in [3.05, 3.63) is 64.2 Å². The maximum Gasteiger partial charge on any atom is 0.0579 e. The minimum atomic E-state index is 0.269. The smallest absolute Gasteiger partial charge is 0.0579 e. The molecule has 2 rings (SSSR count). The molecule has 0 saturated heterocycles. The highest BCUT2D eigenvalue weighted by Gasteiger charge is 2.16. The second-order valence-corrected chi connectivity index (χ2v) is 6.44. The Balaban J connectivity index is 2.44. The summed E-state index contributed by atoms with van der Waals surface area (Å²) in [7, 11) is 0. The van der Waals surface area contributed by atoms with E-state index in [1.807, 2.05) is 0 Å². The Morgan fingerprint density at radius 2 is 1.57 bits per heavy atom. The highest BCUT2D eigenvalue weighted by atomic mass is 32.2. The SMILES string of the molecule is CCNC(c1ccc(SC)cc1)c1cc(C)c(C)cc1C. The van der Waals surface area contributed by atoms with E-state index in [1.54, 1.807) is 11.8 Å². The van der Waals surface area contributed by atoms with Gasteiger partial charge >= 0.3 is 0 Å². The molecule has 0 aliphatic rings. The van der Waals surface area contributed by atoms with Gasteiger partial charge in [-0.05, 0) is 73.5 Å². The number of hydrogen-bond donors (Lipinski definition) is 1. The predicted molar refractivity (Wildman–Crippen MR) is 94.4 cm³/mol. The Bertz CT molecular complexity index is 602. The van der Waals surface area contributed by atoms with Gasteiger partial charge < -0.3 is 5.32 Å². The van der Waals surface area contributed by atoms with E-state index in [4.69, 9.17) is 0 Å². The summed E-state index contributed by atoms with van der Waals surface area (Å²) in [5, 5.41) is 3.63. The van der Waals surface area contributed by atoms with Crippen LogP contribution in [0.1, 0.15) is 40.8 Å². The predicted octanol–water partition coefficient (Wildman–Crippen LogP) is 5.03. The molecule has 1 N–H and O–H groups in total. The lowest BCUT2D eigenvalue weighted by Crippen LogP contribution is -2.23. The van der Waals surface area contributed by atoms with Crippen molar-refractivity contribution < 1.29 is 0 Å². The van der Waals surface area contributed by atoms with Crippen LogP contribution in [0.4, 0.5) is 0 Å². The molecule has 0 bridgehead atoms. The molecule has 0 fully saturated rings. The average molecular weight is 299 g/mol. The minimum Gasteiger partial charge on any atom is -0.307 e. The van der Waals surface area contributed by atoms with Crippen molar-refractivity contribution in [3.63, 3.8) is 0 Å². The third-order valence-electron chi connectivity index (χ3n) is 4.05. The fourth-order valence-electron chi connectivity index (χ4n) is 2.70. The van der Waals surface area contributed by atoms with E-state index in [-0.39, 0.29) is 6.04 Å². The molecule has 0 radical (unpaired) electrons. The quantitative estimate of drug-likeness (QED) is 0.777. The zero-order valence-corrected chi connectivity index (χ0v) is 14.5. The third kappa shape index (κ3) is 3.69. The van der Waals surface area contributed by atoms with Crippen LogP contribution in [0.5, 0.6) is 0 Å². The molecule has 1 atom stereocenters. The zero-order chi connectivity index (χ0) is 15.4. The van der Waals surface area contributed by atoms with Gasteiger partial charge in [0.1, 0.15) is 0 Å². The van der Waals surface area contributed by atoms with Gasteiger partial charge in [0.25, 0.3) is 0 Å². The van der Waals surface area contributed by atoms with E-state index < -0.39 is 0 Å². The molecule has 1 nitrogen and oxygen atoms in total. The standard InChI is InChI=1S/C19H25NS/c1-6-20-19(16-7-9-17(21-5)10-8-16)18-12-14(3)13(2)11-15(18)4/h7-12,19-20H,6H2,1-5H3. The van der Waals surface area contributed by atoms with Crippen LogP contribution in [0.15, 0.2) is 41.3 Å². The van der Waals surface area contributed by atoms with E-state index in [9.17, 15) is 0 Å². The van der Waals surface area contributed by atoms with E-state index in [2.05, 4.69) is 75.7 Å². The van der Waals surface area contributed by atoms with Gasteiger partial charge in [-0.25, -0.2) is 0 Å². The maximum absolute atomic E-state index is 3.63. The largest absolute Gasteiger partial charge is 0.307 e. The van der Waals surface area contributed by atoms with Crippen molar-refractivity contribution >= 4 is 11.8 Å². The summed E-state index contributed by atoms with van der Waals surface area (Å²) in [6.07, 6.45) is 2.12. The molecule has 0 saturated carbocycles. The van der Waals surface area contributed by atoms with Crippen LogP contribution in [0, 0.1) is 20.8 Å². The van der Waals surface area contributed by atoms with Gasteiger partial charge in [-0.3, -0.25) is 0 Å². The Morgan fingerprint density at radius 1 is 0.952 bits per heavy atom. The molecular weight excluding hydrogens is 274 g/mol. The van der Waals surface area contributed by atoms with Gasteiger partial charge in [0.2, 0.25) is 0 Å². The lowest BCUT2D eigenvalue weighted by atomic mass is 9.91. The van der Waals surface area contributed by atoms with Crippen LogP contribution in [0.3, 0.4) is 0 Å². The summed E-state index contributed by atoms with van der Waals surface area (Å²) < 4.78 is 0. The van der Waals surface area contributed by atoms with Crippen LogP contribution >= 0.6 is 11.8 Å². The van der Waals surface area contributed by atoms with E-state index in [1.165, 1.54) is 32.7 Å². The second-order valence-electron chi connectivity index (χ2n) is 5.56. The molecule has 21 heavy (non-hydrogen) atoms. The summed E-state index contributed by atoms with van der Waals surface area (Å²) in [5.74, 6) is 0. The Morgan fingerprint density at radius 3 is 2.14 bits per heavy atom. The summed E-state index contributed by atoms with van der Waals surface area (Å²) in [6, 6.07) is 13.8. The fraction of sp³-hybridized carbons (Fsp3) is 0.368. The highest BCUT2D eigenvalue weighted by molar-refractivity contribution is 7.98. The monoisotopic (exact) mass is 299 g/mol. The van der Waals surface area contributed by atoms with Crippen LogP contribution in [0.2, 0.25) is 0 Å². The minimum absolute atomic E-state index is 0.269. The second kappa shape index (κ2) is 7.15. The number of rotatable bonds is 5. The first-order valence-corrected chi connectivity index (χ1v) is 8.74. The zero-order valence-electron chi connectivity index (χ0n) is 13.7. The van der Waals surface area contributed by atoms with Crippen molar-refractivity contribution in [1.82, 2.24) is 5.32 Å². The summed E-state index contributed by atoms with van der Waals surface area (Å²) in [5.41, 5.74) is 6.80. The molecule has 0 aliphatic heterocycles. The van der Waals surface area contributed by atoms with E-state index in [0.717, 1.165) is 6.54 Å². The van der Waals surface area contributed by atoms with Crippen LogP contribution < -0.4 is 5.32 Å². The Hall–Kier alpha value is -1.25. The van der Waals surface area contributed by atoms with E-state index >= 15 is 0 Å². The third-order valence-corrected chi connectivity index (χ3v) is 4.79. The molecule has 1 unspecified atom stereocenters. The molecule has 0 aromatic heterocycles. The molecule has 0 heterocycles. The van der Waals surface area contributed by atoms with Crippen LogP contribution in [0.25, 0.3) is 0 Å². The van der Waals surface area contributed by atoms with Gasteiger partial charge in [0.05, 0.1) is 6.04 Å². The molecule has 2 aromatic rings. The molecule has 0 amide bonds. The fourth-order valence-corrected chi connectivity index (χ4v) is 3.11. The van der Waals surface area contributed by atoms with Crippen molar-refractivity contribution in [2.75, 3.05) is 12.8 Å². The summed E-state index contributed by atoms with van der Waals surface area (Å²) >= 11 is 1.79. The first-order chi connectivity index (χ1) is 10.1. The molecular formula is C19H25NS. The number of aryl methyl sites for hydroxylation is 3. The highest BCUT2D eigenvalue weighted by Crippen LogP contribution is 2.28. The summed E-state index contributed by atoms with van der Waals surface area (Å²) in [4.78, 5) is 1.31. The summed E-state index contributed by atoms with van der Waals surface area (Å²) in [6.45, 7) is 9.71. The Kier molecular flexibility index (Phi) is 5.49. The van der Waals surface area contributed by atoms with Crippen molar-refractivity contribution in [2.24, 2.45) is 0 Å². The molecule has 0 aliphatic carbocycles. The molecule has 2 heteroatoms. The van der Waals surface area contributed by atoms with Gasteiger partial charge in [-0.15, -0.1) is 11.8 Å². The number of benzene rings is 2. The maximum atomic E-state index is 3.63. The van der Waals surface area contributed by atoms with Gasteiger partial charge in [0.15, 0.2) is 0 Å². The first kappa shape index (κ1) is 16.1. The van der Waals surface area contributed by atoms with Crippen molar-refractivity contribution in [1.29, 1.82) is 0 Å². The number of hydrogen-bond acceptors (Lipinski definition) is 2. The number of nitrogens with one attached hydrogen (secondary N) is 1. The van der Waals surface area contributed by atoms with Crippen LogP contribution in [-0.4, -0.2) is 12.8 Å². The molecule has 112 valence electrons. The Labute approximate surface area is 133 Å². The van der Waals surface area contributed by atoms with Gasteiger partial charge in [-0.1, -0.05) is 31.2 Å².